The van der Waals surface area contributed by atoms with Gasteiger partial charge in [0, 0.05) is 12.2 Å². The van der Waals surface area contributed by atoms with Crippen LogP contribution < -0.4 is 10.5 Å². The Bertz CT molecular complexity index is 506. The molecule has 1 heterocycles. The van der Waals surface area contributed by atoms with E-state index in [-0.39, 0.29) is 0 Å². The topological polar surface area (TPSA) is 48.1 Å². The summed E-state index contributed by atoms with van der Waals surface area (Å²) in [5.74, 6) is 1.59. The number of nitrogens with two attached hydrogens (primary N) is 1. The van der Waals surface area contributed by atoms with Crippen molar-refractivity contribution in [3.63, 3.8) is 0 Å². The van der Waals surface area contributed by atoms with Crippen LogP contribution in [0.5, 0.6) is 11.5 Å². The van der Waals surface area contributed by atoms with E-state index in [9.17, 15) is 0 Å². The fourth-order valence-corrected chi connectivity index (χ4v) is 1.59. The lowest BCUT2D eigenvalue weighted by atomic mass is 10.1. The van der Waals surface area contributed by atoms with Gasteiger partial charge in [0.15, 0.2) is 0 Å². The fraction of sp³-hybridized carbons (Fsp3) is 0.214. The van der Waals surface area contributed by atoms with Crippen molar-refractivity contribution < 1.29 is 4.74 Å². The number of aromatic nitrogens is 1. The largest absolute Gasteiger partial charge is 0.455 e. The lowest BCUT2D eigenvalue weighted by Crippen LogP contribution is -1.97. The van der Waals surface area contributed by atoms with Gasteiger partial charge >= 0.3 is 0 Å². The van der Waals surface area contributed by atoms with Gasteiger partial charge < -0.3 is 10.5 Å². The van der Waals surface area contributed by atoms with Crippen LogP contribution in [0.1, 0.15) is 16.8 Å². The molecule has 0 saturated carbocycles. The first-order chi connectivity index (χ1) is 8.19. The van der Waals surface area contributed by atoms with Crippen molar-refractivity contribution in [3.8, 4) is 11.5 Å². The first kappa shape index (κ1) is 11.6. The third-order valence-electron chi connectivity index (χ3n) is 2.59. The standard InChI is InChI=1S/C14H16N2O/c1-10-7-12(8-15)4-6-14(10)17-13-5-3-11(2)16-9-13/h3-7,9H,8,15H2,1-2H3. The molecule has 0 spiro atoms. The predicted octanol–water partition coefficient (Wildman–Crippen LogP) is 2.95. The van der Waals surface area contributed by atoms with Crippen LogP contribution in [0.15, 0.2) is 36.5 Å². The number of pyridine rings is 1. The Hall–Kier alpha value is -1.87. The van der Waals surface area contributed by atoms with E-state index in [2.05, 4.69) is 4.98 Å². The molecule has 0 saturated heterocycles. The molecule has 2 rings (SSSR count). The molecular formula is C14H16N2O. The van der Waals surface area contributed by atoms with Crippen molar-refractivity contribution in [3.05, 3.63) is 53.3 Å². The first-order valence-corrected chi connectivity index (χ1v) is 5.59. The van der Waals surface area contributed by atoms with E-state index in [1.165, 1.54) is 0 Å². The minimum Gasteiger partial charge on any atom is -0.455 e. The Morgan fingerprint density at radius 2 is 2.00 bits per heavy atom. The lowest BCUT2D eigenvalue weighted by molar-refractivity contribution is 0.476. The van der Waals surface area contributed by atoms with E-state index >= 15 is 0 Å². The maximum absolute atomic E-state index is 5.76. The van der Waals surface area contributed by atoms with Gasteiger partial charge in [-0.1, -0.05) is 12.1 Å². The molecule has 0 unspecified atom stereocenters. The van der Waals surface area contributed by atoms with Crippen molar-refractivity contribution in [2.45, 2.75) is 20.4 Å². The van der Waals surface area contributed by atoms with Crippen LogP contribution in [0, 0.1) is 13.8 Å². The molecule has 17 heavy (non-hydrogen) atoms. The highest BCUT2D eigenvalue weighted by Gasteiger charge is 2.02. The summed E-state index contributed by atoms with van der Waals surface area (Å²) < 4.78 is 5.76. The summed E-state index contributed by atoms with van der Waals surface area (Å²) in [7, 11) is 0. The van der Waals surface area contributed by atoms with Crippen LogP contribution in [-0.4, -0.2) is 4.98 Å². The second-order valence-corrected chi connectivity index (χ2v) is 4.04. The third-order valence-corrected chi connectivity index (χ3v) is 2.59. The maximum Gasteiger partial charge on any atom is 0.145 e. The molecule has 1 aromatic heterocycles. The Labute approximate surface area is 101 Å². The number of nitrogens with zero attached hydrogens (tertiary/aromatic N) is 1. The van der Waals surface area contributed by atoms with Gasteiger partial charge in [-0.15, -0.1) is 0 Å². The van der Waals surface area contributed by atoms with Crippen LogP contribution in [0.25, 0.3) is 0 Å². The van der Waals surface area contributed by atoms with E-state index in [4.69, 9.17) is 10.5 Å². The van der Waals surface area contributed by atoms with Gasteiger partial charge in [-0.05, 0) is 43.2 Å². The van der Waals surface area contributed by atoms with Crippen molar-refractivity contribution in [2.75, 3.05) is 0 Å². The van der Waals surface area contributed by atoms with Crippen LogP contribution in [0.4, 0.5) is 0 Å². The SMILES string of the molecule is Cc1ccc(Oc2ccc(CN)cc2C)cn1. The molecule has 2 N–H and O–H groups in total. The van der Waals surface area contributed by atoms with Crippen molar-refractivity contribution in [1.82, 2.24) is 4.98 Å². The summed E-state index contributed by atoms with van der Waals surface area (Å²) in [4.78, 5) is 4.19. The normalized spacial score (nSPS) is 10.3. The zero-order valence-corrected chi connectivity index (χ0v) is 10.1. The van der Waals surface area contributed by atoms with E-state index < -0.39 is 0 Å². The number of hydrogen-bond acceptors (Lipinski definition) is 3. The molecule has 0 aliphatic carbocycles. The number of ether oxygens (including phenoxy) is 1. The van der Waals surface area contributed by atoms with E-state index in [0.29, 0.717) is 6.54 Å². The highest BCUT2D eigenvalue weighted by atomic mass is 16.5. The summed E-state index contributed by atoms with van der Waals surface area (Å²) in [6.45, 7) is 4.51. The second-order valence-electron chi connectivity index (χ2n) is 4.04. The number of rotatable bonds is 3. The Kier molecular flexibility index (Phi) is 3.40. The molecule has 0 atom stereocenters. The van der Waals surface area contributed by atoms with Gasteiger partial charge in [-0.25, -0.2) is 0 Å². The number of benzene rings is 1. The molecule has 0 aliphatic heterocycles. The summed E-state index contributed by atoms with van der Waals surface area (Å²) >= 11 is 0. The highest BCUT2D eigenvalue weighted by molar-refractivity contribution is 5.39. The molecule has 0 radical (unpaired) electrons. The quantitative estimate of drug-likeness (QED) is 0.878. The van der Waals surface area contributed by atoms with Gasteiger partial charge in [0.2, 0.25) is 0 Å². The zero-order valence-electron chi connectivity index (χ0n) is 10.1. The number of hydrogen-bond donors (Lipinski definition) is 1. The van der Waals surface area contributed by atoms with Crippen LogP contribution in [-0.2, 0) is 6.54 Å². The molecular weight excluding hydrogens is 212 g/mol. The van der Waals surface area contributed by atoms with E-state index in [0.717, 1.165) is 28.3 Å². The molecule has 1 aromatic carbocycles. The molecule has 88 valence electrons. The van der Waals surface area contributed by atoms with Crippen LogP contribution in [0.3, 0.4) is 0 Å². The minimum absolute atomic E-state index is 0.549. The third kappa shape index (κ3) is 2.82. The lowest BCUT2D eigenvalue weighted by Gasteiger charge is -2.09. The summed E-state index contributed by atoms with van der Waals surface area (Å²) in [5, 5.41) is 0. The molecule has 0 fully saturated rings. The van der Waals surface area contributed by atoms with Crippen LogP contribution in [0.2, 0.25) is 0 Å². The van der Waals surface area contributed by atoms with Crippen molar-refractivity contribution in [2.24, 2.45) is 5.73 Å². The van der Waals surface area contributed by atoms with E-state index in [1.54, 1.807) is 6.20 Å². The van der Waals surface area contributed by atoms with Gasteiger partial charge in [-0.2, -0.15) is 0 Å². The van der Waals surface area contributed by atoms with Gasteiger partial charge in [0.25, 0.3) is 0 Å². The number of aryl methyl sites for hydroxylation is 2. The zero-order chi connectivity index (χ0) is 12.3. The summed E-state index contributed by atoms with van der Waals surface area (Å²) in [6.07, 6.45) is 1.73. The monoisotopic (exact) mass is 228 g/mol. The Morgan fingerprint density at radius 3 is 2.59 bits per heavy atom. The molecule has 2 aromatic rings. The van der Waals surface area contributed by atoms with Crippen molar-refractivity contribution in [1.29, 1.82) is 0 Å². The van der Waals surface area contributed by atoms with Crippen LogP contribution >= 0.6 is 0 Å². The summed E-state index contributed by atoms with van der Waals surface area (Å²) in [5.41, 5.74) is 8.75. The highest BCUT2D eigenvalue weighted by Crippen LogP contribution is 2.25. The Balaban J connectivity index is 2.21. The molecule has 3 heteroatoms. The predicted molar refractivity (Wildman–Crippen MR) is 68.1 cm³/mol. The molecule has 3 nitrogen and oxygen atoms in total. The average Bonchev–Trinajstić information content (AvgIpc) is 2.34. The van der Waals surface area contributed by atoms with E-state index in [1.807, 2.05) is 44.2 Å². The second kappa shape index (κ2) is 4.97. The van der Waals surface area contributed by atoms with Gasteiger partial charge in [0.1, 0.15) is 11.5 Å². The summed E-state index contributed by atoms with van der Waals surface area (Å²) in [6, 6.07) is 9.80. The minimum atomic E-state index is 0.549. The average molecular weight is 228 g/mol. The first-order valence-electron chi connectivity index (χ1n) is 5.59. The molecule has 0 aliphatic rings. The van der Waals surface area contributed by atoms with Gasteiger partial charge in [0.05, 0.1) is 6.20 Å². The molecule has 0 amide bonds. The maximum atomic E-state index is 5.76. The Morgan fingerprint density at radius 1 is 1.18 bits per heavy atom. The fourth-order valence-electron chi connectivity index (χ4n) is 1.59. The van der Waals surface area contributed by atoms with Crippen molar-refractivity contribution >= 4 is 0 Å². The smallest absolute Gasteiger partial charge is 0.145 e. The van der Waals surface area contributed by atoms with Gasteiger partial charge in [-0.3, -0.25) is 4.98 Å². The molecule has 0 bridgehead atoms.